The van der Waals surface area contributed by atoms with Gasteiger partial charge in [0.25, 0.3) is 0 Å². The van der Waals surface area contributed by atoms with E-state index in [2.05, 4.69) is 6.92 Å². The summed E-state index contributed by atoms with van der Waals surface area (Å²) in [4.78, 5) is 0. The van der Waals surface area contributed by atoms with Gasteiger partial charge in [-0.1, -0.05) is 63.3 Å². The minimum absolute atomic E-state index is 0.0880. The quantitative estimate of drug-likeness (QED) is 0.420. The normalized spacial score (nSPS) is 18.5. The third kappa shape index (κ3) is 6.49. The number of benzene rings is 2. The highest BCUT2D eigenvalue weighted by Gasteiger charge is 2.23. The third-order valence-electron chi connectivity index (χ3n) is 5.51. The maximum Gasteiger partial charge on any atom is 0.202 e. The highest BCUT2D eigenvalue weighted by molar-refractivity contribution is 5.38. The number of unbranched alkanes of at least 4 members (excludes halogenated alkanes) is 4. The number of rotatable bonds is 10. The summed E-state index contributed by atoms with van der Waals surface area (Å²) in [6, 6.07) is 11.7. The Labute approximate surface area is 182 Å². The predicted molar refractivity (Wildman–Crippen MR) is 114 cm³/mol. The molecule has 2 aromatic carbocycles. The van der Waals surface area contributed by atoms with Crippen molar-refractivity contribution in [1.29, 1.82) is 5.26 Å². The second-order valence-electron chi connectivity index (χ2n) is 7.86. The first kappa shape index (κ1) is 23.2. The summed E-state index contributed by atoms with van der Waals surface area (Å²) in [6.07, 6.45) is 7.38. The number of hydrogen-bond acceptors (Lipinski definition) is 4. The molecule has 2 aromatic rings. The molecule has 1 aliphatic heterocycles. The fourth-order valence-electron chi connectivity index (χ4n) is 3.60. The minimum atomic E-state index is -1.19. The average molecular weight is 430 g/mol. The van der Waals surface area contributed by atoms with Crippen molar-refractivity contribution in [3.63, 3.8) is 0 Å². The zero-order valence-corrected chi connectivity index (χ0v) is 17.9. The molecule has 1 heterocycles. The van der Waals surface area contributed by atoms with Crippen LogP contribution in [0.4, 0.5) is 8.78 Å². The van der Waals surface area contributed by atoms with Crippen LogP contribution in [0.15, 0.2) is 36.4 Å². The molecule has 6 heteroatoms. The highest BCUT2D eigenvalue weighted by Crippen LogP contribution is 2.26. The summed E-state index contributed by atoms with van der Waals surface area (Å²) in [5, 5.41) is 8.74. The Bertz CT molecular complexity index is 872. The zero-order chi connectivity index (χ0) is 22.1. The van der Waals surface area contributed by atoms with Crippen molar-refractivity contribution in [2.75, 3.05) is 13.2 Å². The molecule has 4 nitrogen and oxygen atoms in total. The smallest absolute Gasteiger partial charge is 0.202 e. The molecule has 0 aromatic heterocycles. The van der Waals surface area contributed by atoms with Crippen molar-refractivity contribution in [3.8, 4) is 11.8 Å². The maximum atomic E-state index is 13.9. The fraction of sp³-hybridized carbons (Fsp3) is 0.480. The molecule has 1 saturated heterocycles. The molecule has 166 valence electrons. The van der Waals surface area contributed by atoms with E-state index in [4.69, 9.17) is 19.5 Å². The molecule has 0 spiro atoms. The molecular formula is C25H29F2NO3. The Morgan fingerprint density at radius 2 is 1.74 bits per heavy atom. The Hall–Kier alpha value is -2.49. The second kappa shape index (κ2) is 11.8. The van der Waals surface area contributed by atoms with Crippen LogP contribution in [0, 0.1) is 23.0 Å². The van der Waals surface area contributed by atoms with Gasteiger partial charge in [-0.3, -0.25) is 0 Å². The van der Waals surface area contributed by atoms with Crippen LogP contribution in [0.2, 0.25) is 0 Å². The van der Waals surface area contributed by atoms with Crippen molar-refractivity contribution in [2.24, 2.45) is 0 Å². The van der Waals surface area contributed by atoms with Gasteiger partial charge in [-0.2, -0.15) is 9.65 Å². The van der Waals surface area contributed by atoms with Gasteiger partial charge in [0.15, 0.2) is 11.6 Å². The molecule has 0 amide bonds. The second-order valence-corrected chi connectivity index (χ2v) is 7.86. The topological polar surface area (TPSA) is 51.5 Å². The van der Waals surface area contributed by atoms with Gasteiger partial charge < -0.3 is 14.2 Å². The molecule has 0 radical (unpaired) electrons. The molecule has 2 unspecified atom stereocenters. The van der Waals surface area contributed by atoms with Gasteiger partial charge in [0.05, 0.1) is 24.9 Å². The Morgan fingerprint density at radius 3 is 2.42 bits per heavy atom. The maximum absolute atomic E-state index is 13.9. The summed E-state index contributed by atoms with van der Waals surface area (Å²) in [5.74, 6) is -2.56. The van der Waals surface area contributed by atoms with Gasteiger partial charge in [0, 0.05) is 0 Å². The van der Waals surface area contributed by atoms with E-state index in [0.717, 1.165) is 17.5 Å². The monoisotopic (exact) mass is 429 g/mol. The van der Waals surface area contributed by atoms with Crippen LogP contribution >= 0.6 is 0 Å². The van der Waals surface area contributed by atoms with Crippen LogP contribution in [-0.2, 0) is 16.1 Å². The lowest BCUT2D eigenvalue weighted by atomic mass is 10.1. The van der Waals surface area contributed by atoms with Crippen molar-refractivity contribution < 1.29 is 23.0 Å². The van der Waals surface area contributed by atoms with E-state index >= 15 is 0 Å². The van der Waals surface area contributed by atoms with E-state index in [1.165, 1.54) is 44.2 Å². The number of nitrogens with zero attached hydrogens (tertiary/aromatic N) is 1. The van der Waals surface area contributed by atoms with E-state index < -0.39 is 11.6 Å². The summed E-state index contributed by atoms with van der Waals surface area (Å²) >= 11 is 0. The lowest BCUT2D eigenvalue weighted by molar-refractivity contribution is -0.137. The molecule has 3 rings (SSSR count). The zero-order valence-electron chi connectivity index (χ0n) is 17.9. The van der Waals surface area contributed by atoms with Crippen LogP contribution < -0.4 is 4.74 Å². The van der Waals surface area contributed by atoms with Gasteiger partial charge in [-0.25, -0.2) is 4.39 Å². The van der Waals surface area contributed by atoms with Crippen LogP contribution in [0.5, 0.6) is 5.75 Å². The van der Waals surface area contributed by atoms with E-state index in [0.29, 0.717) is 13.2 Å². The van der Waals surface area contributed by atoms with Gasteiger partial charge in [0.2, 0.25) is 5.82 Å². The van der Waals surface area contributed by atoms with Crippen LogP contribution in [0.1, 0.15) is 68.2 Å². The van der Waals surface area contributed by atoms with Crippen molar-refractivity contribution in [2.45, 2.75) is 64.3 Å². The highest BCUT2D eigenvalue weighted by atomic mass is 19.2. The van der Waals surface area contributed by atoms with Crippen LogP contribution in [0.3, 0.4) is 0 Å². The van der Waals surface area contributed by atoms with Gasteiger partial charge in [0.1, 0.15) is 18.8 Å². The van der Waals surface area contributed by atoms with Crippen molar-refractivity contribution in [3.05, 3.63) is 64.7 Å². The SMILES string of the molecule is CCCCCCCC1COC(c2ccc(COc3ccc(C#N)c(F)c3F)cc2)CO1. The first-order valence-electron chi connectivity index (χ1n) is 10.9. The standard InChI is InChI=1S/C25H29F2NO3/c1-2-3-4-5-6-7-21-16-31-23(17-29-21)19-10-8-18(9-11-19)15-30-22-13-12-20(14-28)24(26)25(22)27/h8-13,21,23H,2-7,15-17H2,1H3. The lowest BCUT2D eigenvalue weighted by Gasteiger charge is -2.30. The first-order chi connectivity index (χ1) is 15.1. The molecule has 0 aliphatic carbocycles. The molecule has 0 bridgehead atoms. The van der Waals surface area contributed by atoms with Crippen LogP contribution in [-0.4, -0.2) is 19.3 Å². The Kier molecular flexibility index (Phi) is 8.81. The molecular weight excluding hydrogens is 400 g/mol. The summed E-state index contributed by atoms with van der Waals surface area (Å²) in [7, 11) is 0. The minimum Gasteiger partial charge on any atom is -0.486 e. The number of nitriles is 1. The third-order valence-corrected chi connectivity index (χ3v) is 5.51. The molecule has 2 atom stereocenters. The van der Waals surface area contributed by atoms with E-state index in [1.54, 1.807) is 6.07 Å². The summed E-state index contributed by atoms with van der Waals surface area (Å²) in [6.45, 7) is 3.44. The number of halogens is 2. The Morgan fingerprint density at radius 1 is 0.968 bits per heavy atom. The summed E-state index contributed by atoms with van der Waals surface area (Å²) in [5.41, 5.74) is 1.48. The first-order valence-corrected chi connectivity index (χ1v) is 10.9. The van der Waals surface area contributed by atoms with Crippen molar-refractivity contribution in [1.82, 2.24) is 0 Å². The molecule has 31 heavy (non-hydrogen) atoms. The largest absolute Gasteiger partial charge is 0.486 e. The average Bonchev–Trinajstić information content (AvgIpc) is 2.81. The van der Waals surface area contributed by atoms with E-state index in [1.807, 2.05) is 24.3 Å². The van der Waals surface area contributed by atoms with E-state index in [9.17, 15) is 8.78 Å². The predicted octanol–water partition coefficient (Wildman–Crippen LogP) is 6.23. The van der Waals surface area contributed by atoms with Gasteiger partial charge in [-0.15, -0.1) is 0 Å². The van der Waals surface area contributed by atoms with E-state index in [-0.39, 0.29) is 30.1 Å². The van der Waals surface area contributed by atoms with Crippen molar-refractivity contribution >= 4 is 0 Å². The Balaban J connectivity index is 1.45. The fourth-order valence-corrected chi connectivity index (χ4v) is 3.60. The molecule has 1 aliphatic rings. The molecule has 1 fully saturated rings. The molecule has 0 N–H and O–H groups in total. The number of hydrogen-bond donors (Lipinski definition) is 0. The van der Waals surface area contributed by atoms with Gasteiger partial charge >= 0.3 is 0 Å². The van der Waals surface area contributed by atoms with Crippen LogP contribution in [0.25, 0.3) is 0 Å². The summed E-state index contributed by atoms with van der Waals surface area (Å²) < 4.78 is 45.0. The van der Waals surface area contributed by atoms with Gasteiger partial charge in [-0.05, 0) is 29.7 Å². The lowest BCUT2D eigenvalue weighted by Crippen LogP contribution is -2.31. The number of ether oxygens (including phenoxy) is 3. The molecule has 0 saturated carbocycles.